The number of fused-ring (bicyclic) bond motifs is 1. The number of pyridine rings is 1. The monoisotopic (exact) mass is 324 g/mol. The van der Waals surface area contributed by atoms with Gasteiger partial charge in [0.2, 0.25) is 5.03 Å². The maximum atomic E-state index is 12.6. The molecule has 3 heterocycles. The van der Waals surface area contributed by atoms with Crippen molar-refractivity contribution in [2.24, 2.45) is 5.84 Å². The zero-order valence-electron chi connectivity index (χ0n) is 10.9. The van der Waals surface area contributed by atoms with Crippen LogP contribution in [0.3, 0.4) is 0 Å². The first-order valence-electron chi connectivity index (χ1n) is 5.88. The summed E-state index contributed by atoms with van der Waals surface area (Å²) in [5.74, 6) is 5.47. The number of nitrogen functional groups attached to an aromatic ring is 1. The first-order valence-corrected chi connectivity index (χ1v) is 8.25. The molecule has 10 heteroatoms. The second-order valence-corrected chi connectivity index (χ2v) is 6.73. The van der Waals surface area contributed by atoms with Gasteiger partial charge in [-0.05, 0) is 18.6 Å². The van der Waals surface area contributed by atoms with Crippen molar-refractivity contribution in [3.05, 3.63) is 35.6 Å². The Hall–Kier alpha value is -2.17. The van der Waals surface area contributed by atoms with Crippen LogP contribution in [0.25, 0.3) is 4.96 Å². The lowest BCUT2D eigenvalue weighted by atomic mass is 10.3. The first-order chi connectivity index (χ1) is 10.0. The maximum absolute atomic E-state index is 12.6. The highest BCUT2D eigenvalue weighted by Crippen LogP contribution is 2.27. The van der Waals surface area contributed by atoms with Gasteiger partial charge in [0.15, 0.2) is 10.8 Å². The Labute approximate surface area is 124 Å². The van der Waals surface area contributed by atoms with Crippen molar-refractivity contribution < 1.29 is 8.42 Å². The van der Waals surface area contributed by atoms with Gasteiger partial charge in [-0.15, -0.1) is 11.3 Å². The Balaban J connectivity index is 2.12. The number of nitrogens with one attached hydrogen (secondary N) is 2. The summed E-state index contributed by atoms with van der Waals surface area (Å²) in [4.78, 5) is 8.60. The van der Waals surface area contributed by atoms with Gasteiger partial charge in [-0.3, -0.25) is 14.1 Å². The van der Waals surface area contributed by atoms with E-state index in [4.69, 9.17) is 5.84 Å². The van der Waals surface area contributed by atoms with Crippen LogP contribution in [0.1, 0.15) is 5.56 Å². The summed E-state index contributed by atoms with van der Waals surface area (Å²) < 4.78 is 29.2. The Morgan fingerprint density at radius 1 is 1.43 bits per heavy atom. The van der Waals surface area contributed by atoms with Crippen molar-refractivity contribution in [3.63, 3.8) is 0 Å². The predicted molar refractivity (Wildman–Crippen MR) is 80.7 cm³/mol. The van der Waals surface area contributed by atoms with Crippen LogP contribution in [0.2, 0.25) is 0 Å². The summed E-state index contributed by atoms with van der Waals surface area (Å²) in [6.07, 6.45) is 4.72. The van der Waals surface area contributed by atoms with Gasteiger partial charge < -0.3 is 5.43 Å². The molecule has 0 radical (unpaired) electrons. The predicted octanol–water partition coefficient (Wildman–Crippen LogP) is 1.19. The molecule has 0 aliphatic rings. The normalized spacial score (nSPS) is 11.7. The Morgan fingerprint density at radius 3 is 2.95 bits per heavy atom. The fourth-order valence-electron chi connectivity index (χ4n) is 1.90. The summed E-state index contributed by atoms with van der Waals surface area (Å²) >= 11 is 1.32. The van der Waals surface area contributed by atoms with Crippen LogP contribution in [0.4, 0.5) is 11.5 Å². The van der Waals surface area contributed by atoms with Crippen LogP contribution in [-0.2, 0) is 10.0 Å². The summed E-state index contributed by atoms with van der Waals surface area (Å²) in [5, 5.41) is 1.72. The quantitative estimate of drug-likeness (QED) is 0.490. The molecule has 0 fully saturated rings. The van der Waals surface area contributed by atoms with Crippen molar-refractivity contribution >= 4 is 37.8 Å². The van der Waals surface area contributed by atoms with E-state index in [0.717, 1.165) is 5.56 Å². The highest BCUT2D eigenvalue weighted by Gasteiger charge is 2.26. The molecule has 0 amide bonds. The second-order valence-electron chi connectivity index (χ2n) is 4.26. The summed E-state index contributed by atoms with van der Waals surface area (Å²) in [7, 11) is -3.84. The molecule has 0 unspecified atom stereocenters. The van der Waals surface area contributed by atoms with Gasteiger partial charge in [0.25, 0.3) is 10.0 Å². The van der Waals surface area contributed by atoms with Gasteiger partial charge >= 0.3 is 0 Å². The number of aryl methyl sites for hydroxylation is 1. The molecule has 0 spiro atoms. The van der Waals surface area contributed by atoms with Crippen LogP contribution in [0.5, 0.6) is 0 Å². The molecular formula is C11H12N6O2S2. The van der Waals surface area contributed by atoms with Crippen molar-refractivity contribution in [2.75, 3.05) is 10.1 Å². The molecule has 0 saturated heterocycles. The third-order valence-corrected chi connectivity index (χ3v) is 5.02. The maximum Gasteiger partial charge on any atom is 0.281 e. The number of hydrogen-bond acceptors (Lipinski definition) is 7. The van der Waals surface area contributed by atoms with Crippen LogP contribution in [-0.4, -0.2) is 22.8 Å². The molecule has 0 bridgehead atoms. The molecule has 21 heavy (non-hydrogen) atoms. The minimum Gasteiger partial charge on any atom is -0.306 e. The zero-order valence-corrected chi connectivity index (χ0v) is 12.6. The van der Waals surface area contributed by atoms with Crippen molar-refractivity contribution in [3.8, 4) is 0 Å². The van der Waals surface area contributed by atoms with Gasteiger partial charge in [0, 0.05) is 24.0 Å². The fourth-order valence-corrected chi connectivity index (χ4v) is 4.05. The van der Waals surface area contributed by atoms with Crippen molar-refractivity contribution in [1.29, 1.82) is 0 Å². The van der Waals surface area contributed by atoms with E-state index in [2.05, 4.69) is 20.1 Å². The van der Waals surface area contributed by atoms with Crippen LogP contribution in [0, 0.1) is 6.92 Å². The Kier molecular flexibility index (Phi) is 3.27. The highest BCUT2D eigenvalue weighted by molar-refractivity contribution is 7.92. The number of imidazole rings is 1. The minimum absolute atomic E-state index is 0.0301. The largest absolute Gasteiger partial charge is 0.306 e. The number of hydrazine groups is 1. The van der Waals surface area contributed by atoms with Crippen molar-refractivity contribution in [2.45, 2.75) is 11.9 Å². The van der Waals surface area contributed by atoms with Crippen LogP contribution < -0.4 is 16.0 Å². The molecular weight excluding hydrogens is 312 g/mol. The van der Waals surface area contributed by atoms with E-state index >= 15 is 0 Å². The van der Waals surface area contributed by atoms with Crippen LogP contribution >= 0.6 is 11.3 Å². The molecule has 4 N–H and O–H groups in total. The zero-order chi connectivity index (χ0) is 15.0. The van der Waals surface area contributed by atoms with E-state index in [1.54, 1.807) is 30.8 Å². The lowest BCUT2D eigenvalue weighted by Crippen LogP contribution is -2.19. The molecule has 0 atom stereocenters. The van der Waals surface area contributed by atoms with E-state index < -0.39 is 10.0 Å². The standard InChI is InChI=1S/C11H12N6O2S2/c1-7-6-13-3-2-8(7)16-21(18,19)10-9(15-12)14-11-17(10)4-5-20-11/h2-6,15H,12H2,1H3,(H,13,16). The fraction of sp³-hybridized carbons (Fsp3) is 0.0909. The van der Waals surface area contributed by atoms with Gasteiger partial charge in [0.1, 0.15) is 0 Å². The van der Waals surface area contributed by atoms with Gasteiger partial charge in [-0.1, -0.05) is 0 Å². The third kappa shape index (κ3) is 2.33. The van der Waals surface area contributed by atoms with Crippen molar-refractivity contribution in [1.82, 2.24) is 14.4 Å². The second kappa shape index (κ2) is 4.98. The van der Waals surface area contributed by atoms with Gasteiger partial charge in [0.05, 0.1) is 5.69 Å². The molecule has 8 nitrogen and oxygen atoms in total. The third-order valence-electron chi connectivity index (χ3n) is 2.87. The minimum atomic E-state index is -3.84. The van der Waals surface area contributed by atoms with E-state index in [0.29, 0.717) is 10.6 Å². The number of anilines is 2. The SMILES string of the molecule is Cc1cnccc1NS(=O)(=O)c1c(NN)nc2sccn12. The van der Waals surface area contributed by atoms with Gasteiger partial charge in [-0.2, -0.15) is 13.4 Å². The summed E-state index contributed by atoms with van der Waals surface area (Å²) in [6, 6.07) is 1.59. The first kappa shape index (κ1) is 13.8. The number of sulfonamides is 1. The summed E-state index contributed by atoms with van der Waals surface area (Å²) in [6.45, 7) is 1.77. The molecule has 0 aliphatic heterocycles. The average Bonchev–Trinajstić information content (AvgIpc) is 3.00. The Morgan fingerprint density at radius 2 is 2.24 bits per heavy atom. The molecule has 3 aromatic rings. The number of nitrogens with zero attached hydrogens (tertiary/aromatic N) is 3. The van der Waals surface area contributed by atoms with Crippen LogP contribution in [0.15, 0.2) is 35.1 Å². The number of thiazole rings is 1. The molecule has 0 aliphatic carbocycles. The number of nitrogens with two attached hydrogens (primary N) is 1. The number of hydrogen-bond donors (Lipinski definition) is 3. The van der Waals surface area contributed by atoms with E-state index in [9.17, 15) is 8.42 Å². The van der Waals surface area contributed by atoms with E-state index in [1.807, 2.05) is 0 Å². The smallest absolute Gasteiger partial charge is 0.281 e. The van der Waals surface area contributed by atoms with E-state index in [1.165, 1.54) is 21.9 Å². The van der Waals surface area contributed by atoms with Gasteiger partial charge in [-0.25, -0.2) is 5.84 Å². The molecule has 0 saturated carbocycles. The average molecular weight is 324 g/mol. The lowest BCUT2D eigenvalue weighted by molar-refractivity contribution is 0.597. The molecule has 3 aromatic heterocycles. The molecule has 3 rings (SSSR count). The topological polar surface area (TPSA) is 114 Å². The summed E-state index contributed by atoms with van der Waals surface area (Å²) in [5.41, 5.74) is 3.49. The van der Waals surface area contributed by atoms with E-state index in [-0.39, 0.29) is 10.8 Å². The molecule has 110 valence electrons. The highest BCUT2D eigenvalue weighted by atomic mass is 32.2. The number of rotatable bonds is 4. The molecule has 0 aromatic carbocycles. The Bertz CT molecular complexity index is 898. The lowest BCUT2D eigenvalue weighted by Gasteiger charge is -2.10. The number of aromatic nitrogens is 3.